The van der Waals surface area contributed by atoms with Crippen LogP contribution in [0.2, 0.25) is 0 Å². The van der Waals surface area contributed by atoms with Crippen molar-refractivity contribution in [2.45, 2.75) is 64.3 Å². The number of thioether (sulfide) groups is 1. The number of hydrogen-bond donors (Lipinski definition) is 1. The lowest BCUT2D eigenvalue weighted by Gasteiger charge is -2.10. The monoisotopic (exact) mass is 478 g/mol. The van der Waals surface area contributed by atoms with Crippen LogP contribution in [0.5, 0.6) is 5.75 Å². The van der Waals surface area contributed by atoms with Crippen LogP contribution in [-0.4, -0.2) is 26.4 Å². The van der Waals surface area contributed by atoms with Gasteiger partial charge in [0.1, 0.15) is 12.4 Å². The molecule has 3 rings (SSSR count). The second kappa shape index (κ2) is 13.6. The molecule has 6 nitrogen and oxygen atoms in total. The summed E-state index contributed by atoms with van der Waals surface area (Å²) in [6.45, 7) is 9.03. The molecule has 0 spiro atoms. The molecule has 1 N–H and O–H groups in total. The van der Waals surface area contributed by atoms with Crippen LogP contribution in [0.1, 0.15) is 50.1 Å². The standard InChI is InChI=1S/C27H34N4O2S/c1-4-7-9-22-10-14-23(15-11-22)28-26(32)20-34-27-30-29-25(31(27)18-6-3)19-33-24-16-12-21(8-5-2)13-17-24/h6,10-17H,3-5,7-9,18-20H2,1-2H3,(H,28,32). The maximum absolute atomic E-state index is 12.5. The average molecular weight is 479 g/mol. The molecular weight excluding hydrogens is 444 g/mol. The molecule has 0 unspecified atom stereocenters. The van der Waals surface area contributed by atoms with Gasteiger partial charge in [-0.3, -0.25) is 9.36 Å². The minimum atomic E-state index is -0.0792. The van der Waals surface area contributed by atoms with Gasteiger partial charge in [-0.1, -0.05) is 68.8 Å². The molecule has 34 heavy (non-hydrogen) atoms. The lowest BCUT2D eigenvalue weighted by Crippen LogP contribution is -2.15. The van der Waals surface area contributed by atoms with Gasteiger partial charge in [0, 0.05) is 12.2 Å². The van der Waals surface area contributed by atoms with E-state index in [1.54, 1.807) is 6.08 Å². The first-order valence-electron chi connectivity index (χ1n) is 11.9. The third-order valence-corrected chi connectivity index (χ3v) is 6.29. The van der Waals surface area contributed by atoms with Crippen LogP contribution in [0.25, 0.3) is 0 Å². The molecule has 0 aliphatic carbocycles. The van der Waals surface area contributed by atoms with E-state index >= 15 is 0 Å². The van der Waals surface area contributed by atoms with Gasteiger partial charge in [0.25, 0.3) is 0 Å². The quantitative estimate of drug-likeness (QED) is 0.225. The van der Waals surface area contributed by atoms with Gasteiger partial charge in [-0.25, -0.2) is 0 Å². The molecule has 1 heterocycles. The molecule has 0 bridgehead atoms. The van der Waals surface area contributed by atoms with E-state index in [4.69, 9.17) is 4.74 Å². The van der Waals surface area contributed by atoms with Crippen LogP contribution >= 0.6 is 11.8 Å². The second-order valence-electron chi connectivity index (χ2n) is 8.12. The van der Waals surface area contributed by atoms with Crippen molar-refractivity contribution >= 4 is 23.4 Å². The van der Waals surface area contributed by atoms with E-state index in [0.29, 0.717) is 24.1 Å². The number of benzene rings is 2. The SMILES string of the molecule is C=CCn1c(COc2ccc(CCC)cc2)nnc1SCC(=O)Nc1ccc(CCCC)cc1. The molecule has 0 radical (unpaired) electrons. The van der Waals surface area contributed by atoms with Crippen molar-refractivity contribution in [1.82, 2.24) is 14.8 Å². The van der Waals surface area contributed by atoms with E-state index in [1.165, 1.54) is 35.7 Å². The Hall–Kier alpha value is -3.06. The highest BCUT2D eigenvalue weighted by Gasteiger charge is 2.14. The number of carbonyl (C=O) groups excluding carboxylic acids is 1. The van der Waals surface area contributed by atoms with E-state index in [9.17, 15) is 4.79 Å². The molecule has 7 heteroatoms. The number of hydrogen-bond acceptors (Lipinski definition) is 5. The highest BCUT2D eigenvalue weighted by molar-refractivity contribution is 7.99. The number of nitrogens with zero attached hydrogens (tertiary/aromatic N) is 3. The summed E-state index contributed by atoms with van der Waals surface area (Å²) >= 11 is 1.35. The Labute approximate surface area is 206 Å². The molecule has 180 valence electrons. The molecular formula is C27H34N4O2S. The Kier molecular flexibility index (Phi) is 10.2. The van der Waals surface area contributed by atoms with Crippen molar-refractivity contribution in [2.24, 2.45) is 0 Å². The van der Waals surface area contributed by atoms with Crippen LogP contribution in [0, 0.1) is 0 Å². The molecule has 1 aromatic heterocycles. The first-order chi connectivity index (χ1) is 16.6. The summed E-state index contributed by atoms with van der Waals surface area (Å²) < 4.78 is 7.85. The Morgan fingerprint density at radius 1 is 1.03 bits per heavy atom. The molecule has 3 aromatic rings. The molecule has 0 atom stereocenters. The Morgan fingerprint density at radius 3 is 2.41 bits per heavy atom. The molecule has 0 aliphatic heterocycles. The molecule has 0 saturated carbocycles. The maximum Gasteiger partial charge on any atom is 0.234 e. The largest absolute Gasteiger partial charge is 0.486 e. The van der Waals surface area contributed by atoms with E-state index in [-0.39, 0.29) is 11.7 Å². The third-order valence-electron chi connectivity index (χ3n) is 5.32. The van der Waals surface area contributed by atoms with E-state index < -0.39 is 0 Å². The number of aromatic nitrogens is 3. The van der Waals surface area contributed by atoms with Crippen LogP contribution in [0.15, 0.2) is 66.3 Å². The van der Waals surface area contributed by atoms with Gasteiger partial charge in [0.2, 0.25) is 5.91 Å². The van der Waals surface area contributed by atoms with Crippen molar-refractivity contribution in [3.63, 3.8) is 0 Å². The van der Waals surface area contributed by atoms with Gasteiger partial charge in [-0.05, 0) is 54.7 Å². The Balaban J connectivity index is 1.54. The molecule has 1 amide bonds. The number of nitrogens with one attached hydrogen (secondary N) is 1. The summed E-state index contributed by atoms with van der Waals surface area (Å²) in [5, 5.41) is 12.2. The normalized spacial score (nSPS) is 10.8. The maximum atomic E-state index is 12.5. The van der Waals surface area contributed by atoms with Crippen LogP contribution in [-0.2, 0) is 30.8 Å². The predicted octanol–water partition coefficient (Wildman–Crippen LogP) is 6.07. The van der Waals surface area contributed by atoms with Crippen molar-refractivity contribution in [2.75, 3.05) is 11.1 Å². The van der Waals surface area contributed by atoms with Gasteiger partial charge in [-0.15, -0.1) is 16.8 Å². The highest BCUT2D eigenvalue weighted by atomic mass is 32.2. The van der Waals surface area contributed by atoms with Gasteiger partial charge in [-0.2, -0.15) is 0 Å². The summed E-state index contributed by atoms with van der Waals surface area (Å²) in [4.78, 5) is 12.5. The van der Waals surface area contributed by atoms with Crippen molar-refractivity contribution in [3.8, 4) is 5.75 Å². The average Bonchev–Trinajstić information content (AvgIpc) is 3.24. The molecule has 0 aliphatic rings. The third kappa shape index (κ3) is 7.76. The van der Waals surface area contributed by atoms with E-state index in [1.807, 2.05) is 28.8 Å². The Morgan fingerprint density at radius 2 is 1.74 bits per heavy atom. The number of anilines is 1. The number of carbonyl (C=O) groups is 1. The number of ether oxygens (including phenoxy) is 1. The summed E-state index contributed by atoms with van der Waals surface area (Å²) in [6.07, 6.45) is 7.38. The van der Waals surface area contributed by atoms with Crippen molar-refractivity contribution < 1.29 is 9.53 Å². The highest BCUT2D eigenvalue weighted by Crippen LogP contribution is 2.20. The summed E-state index contributed by atoms with van der Waals surface area (Å²) in [5.74, 6) is 1.65. The van der Waals surface area contributed by atoms with E-state index in [2.05, 4.69) is 60.2 Å². The fourth-order valence-corrected chi connectivity index (χ4v) is 4.26. The lowest BCUT2D eigenvalue weighted by molar-refractivity contribution is -0.113. The van der Waals surface area contributed by atoms with Gasteiger partial charge in [0.05, 0.1) is 5.75 Å². The zero-order valence-corrected chi connectivity index (χ0v) is 20.9. The topological polar surface area (TPSA) is 69.0 Å². The minimum absolute atomic E-state index is 0.0792. The minimum Gasteiger partial charge on any atom is -0.486 e. The van der Waals surface area contributed by atoms with Crippen molar-refractivity contribution in [3.05, 3.63) is 78.1 Å². The number of rotatable bonds is 14. The first-order valence-corrected chi connectivity index (χ1v) is 12.9. The predicted molar refractivity (Wildman–Crippen MR) is 139 cm³/mol. The van der Waals surface area contributed by atoms with E-state index in [0.717, 1.165) is 30.7 Å². The van der Waals surface area contributed by atoms with Crippen molar-refractivity contribution in [1.29, 1.82) is 0 Å². The number of allylic oxidation sites excluding steroid dienone is 1. The molecule has 2 aromatic carbocycles. The lowest BCUT2D eigenvalue weighted by atomic mass is 10.1. The summed E-state index contributed by atoms with van der Waals surface area (Å²) in [7, 11) is 0. The number of unbranched alkanes of at least 4 members (excludes halogenated alkanes) is 1. The van der Waals surface area contributed by atoms with Gasteiger partial charge >= 0.3 is 0 Å². The van der Waals surface area contributed by atoms with Crippen LogP contribution in [0.4, 0.5) is 5.69 Å². The zero-order chi connectivity index (χ0) is 24.2. The fraction of sp³-hybridized carbons (Fsp3) is 0.370. The van der Waals surface area contributed by atoms with Gasteiger partial charge < -0.3 is 10.1 Å². The number of amides is 1. The smallest absolute Gasteiger partial charge is 0.234 e. The zero-order valence-electron chi connectivity index (χ0n) is 20.1. The fourth-order valence-electron chi connectivity index (χ4n) is 3.50. The summed E-state index contributed by atoms with van der Waals surface area (Å²) in [6, 6.07) is 16.2. The molecule has 0 saturated heterocycles. The summed E-state index contributed by atoms with van der Waals surface area (Å²) in [5.41, 5.74) is 3.39. The number of aryl methyl sites for hydroxylation is 2. The van der Waals surface area contributed by atoms with Crippen LogP contribution in [0.3, 0.4) is 0 Å². The second-order valence-corrected chi connectivity index (χ2v) is 9.06. The first kappa shape index (κ1) is 25.6. The van der Waals surface area contributed by atoms with Crippen LogP contribution < -0.4 is 10.1 Å². The molecule has 0 fully saturated rings. The van der Waals surface area contributed by atoms with Gasteiger partial charge in [0.15, 0.2) is 11.0 Å². The Bertz CT molecular complexity index is 1050.